The number of nitrogens with zero attached hydrogens (tertiary/aromatic N) is 2. The van der Waals surface area contributed by atoms with Gasteiger partial charge < -0.3 is 5.11 Å². The fourth-order valence-electron chi connectivity index (χ4n) is 2.93. The van der Waals surface area contributed by atoms with Crippen molar-refractivity contribution in [2.24, 2.45) is 0 Å². The maximum Gasteiger partial charge on any atom is 0.303 e. The fraction of sp³-hybridized carbons (Fsp3) is 0.158. The van der Waals surface area contributed by atoms with E-state index in [4.69, 9.17) is 5.11 Å². The first-order valence-electron chi connectivity index (χ1n) is 8.03. The Kier molecular flexibility index (Phi) is 4.79. The van der Waals surface area contributed by atoms with Gasteiger partial charge in [-0.05, 0) is 23.6 Å². The first kappa shape index (κ1) is 17.3. The first-order chi connectivity index (χ1) is 12.5. The smallest absolute Gasteiger partial charge is 0.303 e. The average molecular weight is 352 g/mol. The zero-order valence-corrected chi connectivity index (χ0v) is 13.8. The lowest BCUT2D eigenvalue weighted by Crippen LogP contribution is -2.11. The topological polar surface area (TPSA) is 102 Å². The highest BCUT2D eigenvalue weighted by Gasteiger charge is 2.15. The number of nitro groups is 1. The van der Waals surface area contributed by atoms with Crippen molar-refractivity contribution in [3.63, 3.8) is 0 Å². The molecule has 0 unspecified atom stereocenters. The predicted molar refractivity (Wildman–Crippen MR) is 95.3 cm³/mol. The monoisotopic (exact) mass is 352 g/mol. The second-order valence-corrected chi connectivity index (χ2v) is 5.93. The number of carbonyl (C=O) groups excluding carboxylic acids is 1. The molecule has 2 aromatic carbocycles. The maximum absolute atomic E-state index is 12.4. The van der Waals surface area contributed by atoms with Gasteiger partial charge in [0, 0.05) is 30.1 Å². The van der Waals surface area contributed by atoms with Gasteiger partial charge in [-0.3, -0.25) is 24.3 Å². The molecule has 7 nitrogen and oxygen atoms in total. The Balaban J connectivity index is 1.96. The van der Waals surface area contributed by atoms with E-state index in [9.17, 15) is 19.7 Å². The van der Waals surface area contributed by atoms with Crippen molar-refractivity contribution >= 4 is 28.5 Å². The summed E-state index contributed by atoms with van der Waals surface area (Å²) in [5.74, 6) is -1.32. The number of para-hydroxylation sites is 1. The van der Waals surface area contributed by atoms with E-state index in [1.165, 1.54) is 16.7 Å². The van der Waals surface area contributed by atoms with Gasteiger partial charge in [0.25, 0.3) is 5.69 Å². The van der Waals surface area contributed by atoms with Crippen LogP contribution in [0, 0.1) is 10.1 Å². The zero-order chi connectivity index (χ0) is 18.7. The molecule has 1 heterocycles. The lowest BCUT2D eigenvalue weighted by atomic mass is 10.0. The van der Waals surface area contributed by atoms with Crippen LogP contribution in [-0.4, -0.2) is 26.5 Å². The Morgan fingerprint density at radius 2 is 1.85 bits per heavy atom. The number of non-ortho nitro benzene ring substituents is 1. The average Bonchev–Trinajstić information content (AvgIpc) is 2.99. The molecule has 3 rings (SSSR count). The van der Waals surface area contributed by atoms with Gasteiger partial charge in [-0.25, -0.2) is 0 Å². The minimum atomic E-state index is -1.02. The van der Waals surface area contributed by atoms with E-state index >= 15 is 0 Å². The third kappa shape index (κ3) is 3.61. The Bertz CT molecular complexity index is 1010. The van der Waals surface area contributed by atoms with Gasteiger partial charge >= 0.3 is 5.97 Å². The molecule has 0 aliphatic rings. The summed E-state index contributed by atoms with van der Waals surface area (Å²) in [4.78, 5) is 33.6. The van der Waals surface area contributed by atoms with Crippen LogP contribution in [0.4, 0.5) is 5.69 Å². The summed E-state index contributed by atoms with van der Waals surface area (Å²) < 4.78 is 1.46. The number of carboxylic acid groups (broad SMARTS) is 1. The standard InChI is InChI=1S/C19H16N2O5/c22-18(8-9-19(23)24)20-12-14(16-6-1-2-7-17(16)20)10-13-4-3-5-15(11-13)21(25)26/h1-7,11-12H,8-10H2,(H,23,24). The molecule has 0 aliphatic heterocycles. The van der Waals surface area contributed by atoms with Crippen LogP contribution in [-0.2, 0) is 11.2 Å². The van der Waals surface area contributed by atoms with Crippen LogP contribution in [0.5, 0.6) is 0 Å². The van der Waals surface area contributed by atoms with Gasteiger partial charge in [-0.1, -0.05) is 30.3 Å². The number of aliphatic carboxylic acids is 1. The van der Waals surface area contributed by atoms with Gasteiger partial charge in [-0.2, -0.15) is 0 Å². The number of carboxylic acids is 1. The number of benzene rings is 2. The number of hydrogen-bond donors (Lipinski definition) is 1. The maximum atomic E-state index is 12.4. The van der Waals surface area contributed by atoms with Gasteiger partial charge in [-0.15, -0.1) is 0 Å². The third-order valence-electron chi connectivity index (χ3n) is 4.13. The lowest BCUT2D eigenvalue weighted by Gasteiger charge is -2.02. The lowest BCUT2D eigenvalue weighted by molar-refractivity contribution is -0.384. The van der Waals surface area contributed by atoms with Gasteiger partial charge in [0.15, 0.2) is 0 Å². The Morgan fingerprint density at radius 3 is 2.58 bits per heavy atom. The molecule has 0 saturated carbocycles. The van der Waals surface area contributed by atoms with Gasteiger partial charge in [0.2, 0.25) is 5.91 Å². The van der Waals surface area contributed by atoms with Crippen molar-refractivity contribution in [2.75, 3.05) is 0 Å². The van der Waals surface area contributed by atoms with E-state index < -0.39 is 10.9 Å². The molecule has 0 radical (unpaired) electrons. The van der Waals surface area contributed by atoms with E-state index in [0.29, 0.717) is 11.9 Å². The Labute approximate surface area is 148 Å². The van der Waals surface area contributed by atoms with E-state index in [1.807, 2.05) is 12.1 Å². The normalized spacial score (nSPS) is 10.8. The molecule has 0 spiro atoms. The van der Waals surface area contributed by atoms with Crippen LogP contribution in [0.1, 0.15) is 28.8 Å². The molecular weight excluding hydrogens is 336 g/mol. The molecule has 0 atom stereocenters. The number of rotatable bonds is 6. The van der Waals surface area contributed by atoms with Crippen molar-refractivity contribution in [3.8, 4) is 0 Å². The van der Waals surface area contributed by atoms with Crippen molar-refractivity contribution in [1.82, 2.24) is 4.57 Å². The van der Waals surface area contributed by atoms with Crippen LogP contribution in [0.2, 0.25) is 0 Å². The van der Waals surface area contributed by atoms with Gasteiger partial charge in [0.05, 0.1) is 16.9 Å². The molecular formula is C19H16N2O5. The van der Waals surface area contributed by atoms with Crippen molar-refractivity contribution in [2.45, 2.75) is 19.3 Å². The number of fused-ring (bicyclic) bond motifs is 1. The van der Waals surface area contributed by atoms with Crippen molar-refractivity contribution < 1.29 is 19.6 Å². The molecule has 3 aromatic rings. The third-order valence-corrected chi connectivity index (χ3v) is 4.13. The summed E-state index contributed by atoms with van der Waals surface area (Å²) in [5, 5.41) is 20.6. The molecule has 1 aromatic heterocycles. The molecule has 26 heavy (non-hydrogen) atoms. The summed E-state index contributed by atoms with van der Waals surface area (Å²) in [7, 11) is 0. The van der Waals surface area contributed by atoms with Crippen LogP contribution in [0.25, 0.3) is 10.9 Å². The number of aromatic nitrogens is 1. The van der Waals surface area contributed by atoms with E-state index in [1.54, 1.807) is 30.5 Å². The molecule has 7 heteroatoms. The van der Waals surface area contributed by atoms with E-state index in [2.05, 4.69) is 0 Å². The molecule has 0 fully saturated rings. The van der Waals surface area contributed by atoms with Crippen LogP contribution < -0.4 is 0 Å². The number of nitro benzene ring substituents is 1. The zero-order valence-electron chi connectivity index (χ0n) is 13.8. The number of carbonyl (C=O) groups is 2. The minimum absolute atomic E-state index is 0.0174. The molecule has 0 bridgehead atoms. The highest BCUT2D eigenvalue weighted by molar-refractivity contribution is 5.95. The summed E-state index contributed by atoms with van der Waals surface area (Å²) in [5.41, 5.74) is 2.33. The largest absolute Gasteiger partial charge is 0.481 e. The molecule has 1 N–H and O–H groups in total. The summed E-state index contributed by atoms with van der Waals surface area (Å²) >= 11 is 0. The quantitative estimate of drug-likeness (QED) is 0.539. The van der Waals surface area contributed by atoms with Crippen molar-refractivity contribution in [3.05, 3.63) is 76.0 Å². The van der Waals surface area contributed by atoms with E-state index in [-0.39, 0.29) is 24.4 Å². The van der Waals surface area contributed by atoms with Crippen LogP contribution >= 0.6 is 0 Å². The highest BCUT2D eigenvalue weighted by Crippen LogP contribution is 2.25. The Hall–Kier alpha value is -3.48. The number of hydrogen-bond acceptors (Lipinski definition) is 4. The summed E-state index contributed by atoms with van der Waals surface area (Å²) in [6.45, 7) is 0. The fourth-order valence-corrected chi connectivity index (χ4v) is 2.93. The highest BCUT2D eigenvalue weighted by atomic mass is 16.6. The second-order valence-electron chi connectivity index (χ2n) is 5.93. The van der Waals surface area contributed by atoms with E-state index in [0.717, 1.165) is 16.5 Å². The molecule has 132 valence electrons. The predicted octanol–water partition coefficient (Wildman–Crippen LogP) is 3.65. The second kappa shape index (κ2) is 7.18. The first-order valence-corrected chi connectivity index (χ1v) is 8.03. The molecule has 0 saturated heterocycles. The van der Waals surface area contributed by atoms with Crippen LogP contribution in [0.15, 0.2) is 54.7 Å². The summed E-state index contributed by atoms with van der Waals surface area (Å²) in [6.07, 6.45) is 1.80. The van der Waals surface area contributed by atoms with Gasteiger partial charge in [0.1, 0.15) is 0 Å². The van der Waals surface area contributed by atoms with Crippen LogP contribution in [0.3, 0.4) is 0 Å². The Morgan fingerprint density at radius 1 is 1.08 bits per heavy atom. The molecule has 0 aliphatic carbocycles. The van der Waals surface area contributed by atoms with Crippen molar-refractivity contribution in [1.29, 1.82) is 0 Å². The summed E-state index contributed by atoms with van der Waals surface area (Å²) in [6, 6.07) is 13.7. The minimum Gasteiger partial charge on any atom is -0.481 e. The molecule has 0 amide bonds. The SMILES string of the molecule is O=C(O)CCC(=O)n1cc(Cc2cccc([N+](=O)[O-])c2)c2ccccc21.